The molecule has 0 saturated heterocycles. The first kappa shape index (κ1) is 22.3. The molecule has 0 aliphatic carbocycles. The molecule has 1 aromatic heterocycles. The Hall–Kier alpha value is -3.89. The largest absolute Gasteiger partial charge is 0.480 e. The number of carbonyl (C=O) groups is 1. The van der Waals surface area contributed by atoms with E-state index < -0.39 is 22.0 Å². The van der Waals surface area contributed by atoms with Crippen molar-refractivity contribution in [1.82, 2.24) is 14.9 Å². The highest BCUT2D eigenvalue weighted by atomic mass is 32.2. The molecule has 168 valence electrons. The van der Waals surface area contributed by atoms with Gasteiger partial charge in [0.1, 0.15) is 11.9 Å². The molecule has 0 aliphatic rings. The van der Waals surface area contributed by atoms with Crippen LogP contribution in [-0.4, -0.2) is 35.7 Å². The Bertz CT molecular complexity index is 1360. The van der Waals surface area contributed by atoms with Gasteiger partial charge in [-0.1, -0.05) is 35.5 Å². The minimum absolute atomic E-state index is 0.00162. The van der Waals surface area contributed by atoms with Crippen LogP contribution in [-0.2, 0) is 21.2 Å². The summed E-state index contributed by atoms with van der Waals surface area (Å²) in [6.07, 6.45) is 0.00162. The molecule has 0 spiro atoms. The fraction of sp³-hybridized carbons (Fsp3) is 0.0870. The minimum Gasteiger partial charge on any atom is -0.480 e. The zero-order valence-corrected chi connectivity index (χ0v) is 17.9. The standard InChI is InChI=1S/C23H18FN3O5S/c24-18-10-6-16(7-11-18)21-25-22(32-26-21)17-8-12-19(13-9-17)33(30,31)27-20(23(28)29)14-15-4-2-1-3-5-15/h1-13,20,27H,14H2,(H,28,29). The lowest BCUT2D eigenvalue weighted by molar-refractivity contribution is -0.138. The van der Waals surface area contributed by atoms with E-state index in [0.29, 0.717) is 16.7 Å². The Labute approximate surface area is 188 Å². The number of carboxylic acid groups (broad SMARTS) is 1. The summed E-state index contributed by atoms with van der Waals surface area (Å²) >= 11 is 0. The van der Waals surface area contributed by atoms with Crippen LogP contribution < -0.4 is 4.72 Å². The molecule has 0 bridgehead atoms. The first-order valence-electron chi connectivity index (χ1n) is 9.81. The molecule has 4 rings (SSSR count). The summed E-state index contributed by atoms with van der Waals surface area (Å²) in [7, 11) is -4.10. The molecule has 33 heavy (non-hydrogen) atoms. The highest BCUT2D eigenvalue weighted by Gasteiger charge is 2.26. The Morgan fingerprint density at radius 2 is 1.61 bits per heavy atom. The average molecular weight is 467 g/mol. The lowest BCUT2D eigenvalue weighted by atomic mass is 10.1. The minimum atomic E-state index is -4.10. The zero-order chi connectivity index (χ0) is 23.4. The van der Waals surface area contributed by atoms with E-state index in [4.69, 9.17) is 4.52 Å². The second-order valence-corrected chi connectivity index (χ2v) is 8.87. The lowest BCUT2D eigenvalue weighted by Gasteiger charge is -2.15. The molecular weight excluding hydrogens is 449 g/mol. The molecule has 2 N–H and O–H groups in total. The van der Waals surface area contributed by atoms with Gasteiger partial charge in [-0.15, -0.1) is 0 Å². The third kappa shape index (κ3) is 5.30. The van der Waals surface area contributed by atoms with Crippen LogP contribution >= 0.6 is 0 Å². The topological polar surface area (TPSA) is 122 Å². The number of hydrogen-bond donors (Lipinski definition) is 2. The van der Waals surface area contributed by atoms with Gasteiger partial charge in [0.25, 0.3) is 5.89 Å². The molecule has 4 aromatic rings. The van der Waals surface area contributed by atoms with Gasteiger partial charge in [-0.05, 0) is 60.5 Å². The Kier molecular flexibility index (Phi) is 6.29. The van der Waals surface area contributed by atoms with Crippen LogP contribution in [0.25, 0.3) is 22.8 Å². The van der Waals surface area contributed by atoms with Crippen LogP contribution in [0.4, 0.5) is 4.39 Å². The molecule has 10 heteroatoms. The maximum atomic E-state index is 13.1. The first-order chi connectivity index (χ1) is 15.8. The molecule has 0 amide bonds. The summed E-state index contributed by atoms with van der Waals surface area (Å²) in [4.78, 5) is 15.8. The van der Waals surface area contributed by atoms with E-state index in [0.717, 1.165) is 0 Å². The highest BCUT2D eigenvalue weighted by Crippen LogP contribution is 2.24. The Morgan fingerprint density at radius 1 is 0.970 bits per heavy atom. The molecule has 1 unspecified atom stereocenters. The van der Waals surface area contributed by atoms with E-state index in [-0.39, 0.29) is 28.8 Å². The number of benzene rings is 3. The highest BCUT2D eigenvalue weighted by molar-refractivity contribution is 7.89. The van der Waals surface area contributed by atoms with Crippen molar-refractivity contribution in [2.45, 2.75) is 17.4 Å². The number of aliphatic carboxylic acids is 1. The lowest BCUT2D eigenvalue weighted by Crippen LogP contribution is -2.42. The van der Waals surface area contributed by atoms with Crippen molar-refractivity contribution in [3.05, 3.63) is 90.2 Å². The van der Waals surface area contributed by atoms with Crippen LogP contribution in [0.1, 0.15) is 5.56 Å². The summed E-state index contributed by atoms with van der Waals surface area (Å²) < 4.78 is 46.0. The average Bonchev–Trinajstić information content (AvgIpc) is 3.30. The fourth-order valence-corrected chi connectivity index (χ4v) is 4.31. The van der Waals surface area contributed by atoms with Gasteiger partial charge < -0.3 is 9.63 Å². The van der Waals surface area contributed by atoms with E-state index in [1.807, 2.05) is 0 Å². The van der Waals surface area contributed by atoms with Crippen molar-refractivity contribution in [3.63, 3.8) is 0 Å². The van der Waals surface area contributed by atoms with Crippen molar-refractivity contribution in [2.24, 2.45) is 0 Å². The smallest absolute Gasteiger partial charge is 0.322 e. The molecule has 8 nitrogen and oxygen atoms in total. The molecule has 1 atom stereocenters. The van der Waals surface area contributed by atoms with Crippen LogP contribution in [0.5, 0.6) is 0 Å². The normalized spacial score (nSPS) is 12.4. The number of nitrogens with zero attached hydrogens (tertiary/aromatic N) is 2. The van der Waals surface area contributed by atoms with Gasteiger partial charge in [-0.25, -0.2) is 12.8 Å². The molecule has 1 heterocycles. The van der Waals surface area contributed by atoms with Gasteiger partial charge in [0.15, 0.2) is 0 Å². The van der Waals surface area contributed by atoms with Gasteiger partial charge in [-0.3, -0.25) is 4.79 Å². The third-order valence-electron chi connectivity index (χ3n) is 4.82. The second-order valence-electron chi connectivity index (χ2n) is 7.16. The van der Waals surface area contributed by atoms with Crippen LogP contribution in [0, 0.1) is 5.82 Å². The fourth-order valence-electron chi connectivity index (χ4n) is 3.12. The van der Waals surface area contributed by atoms with E-state index in [2.05, 4.69) is 14.9 Å². The number of halogens is 1. The third-order valence-corrected chi connectivity index (χ3v) is 6.31. The summed E-state index contributed by atoms with van der Waals surface area (Å²) in [6.45, 7) is 0. The monoisotopic (exact) mass is 467 g/mol. The van der Waals surface area contributed by atoms with Gasteiger partial charge in [0.05, 0.1) is 4.90 Å². The predicted molar refractivity (Wildman–Crippen MR) is 117 cm³/mol. The number of sulfonamides is 1. The number of nitrogens with one attached hydrogen (secondary N) is 1. The molecule has 0 fully saturated rings. The van der Waals surface area contributed by atoms with Gasteiger partial charge in [0, 0.05) is 11.1 Å². The van der Waals surface area contributed by atoms with Crippen molar-refractivity contribution in [2.75, 3.05) is 0 Å². The second kappa shape index (κ2) is 9.31. The maximum absolute atomic E-state index is 13.1. The Morgan fingerprint density at radius 3 is 2.24 bits per heavy atom. The molecular formula is C23H18FN3O5S. The van der Waals surface area contributed by atoms with Crippen LogP contribution in [0.3, 0.4) is 0 Å². The number of carboxylic acids is 1. The predicted octanol–water partition coefficient (Wildman–Crippen LogP) is 3.52. The van der Waals surface area contributed by atoms with Gasteiger partial charge in [0.2, 0.25) is 15.8 Å². The summed E-state index contributed by atoms with van der Waals surface area (Å²) in [6, 6.07) is 18.6. The summed E-state index contributed by atoms with van der Waals surface area (Å²) in [5.74, 6) is -1.26. The summed E-state index contributed by atoms with van der Waals surface area (Å²) in [5, 5.41) is 13.3. The molecule has 3 aromatic carbocycles. The van der Waals surface area contributed by atoms with Gasteiger partial charge in [-0.2, -0.15) is 9.71 Å². The summed E-state index contributed by atoms with van der Waals surface area (Å²) in [5.41, 5.74) is 1.72. The first-order valence-corrected chi connectivity index (χ1v) is 11.3. The van der Waals surface area contributed by atoms with Crippen molar-refractivity contribution in [3.8, 4) is 22.8 Å². The number of aromatic nitrogens is 2. The molecule has 0 saturated carbocycles. The SMILES string of the molecule is O=C(O)C(Cc1ccccc1)NS(=O)(=O)c1ccc(-c2nc(-c3ccc(F)cc3)no2)cc1. The number of hydrogen-bond acceptors (Lipinski definition) is 6. The number of rotatable bonds is 8. The Balaban J connectivity index is 1.51. The zero-order valence-electron chi connectivity index (χ0n) is 17.1. The van der Waals surface area contributed by atoms with Crippen LogP contribution in [0.15, 0.2) is 88.3 Å². The van der Waals surface area contributed by atoms with Crippen molar-refractivity contribution in [1.29, 1.82) is 0 Å². The van der Waals surface area contributed by atoms with E-state index in [1.165, 1.54) is 48.5 Å². The van der Waals surface area contributed by atoms with E-state index in [9.17, 15) is 22.7 Å². The molecule has 0 aliphatic heterocycles. The van der Waals surface area contributed by atoms with Crippen LogP contribution in [0.2, 0.25) is 0 Å². The van der Waals surface area contributed by atoms with Crippen molar-refractivity contribution >= 4 is 16.0 Å². The van der Waals surface area contributed by atoms with E-state index in [1.54, 1.807) is 30.3 Å². The van der Waals surface area contributed by atoms with Gasteiger partial charge >= 0.3 is 5.97 Å². The van der Waals surface area contributed by atoms with Crippen molar-refractivity contribution < 1.29 is 27.2 Å². The van der Waals surface area contributed by atoms with E-state index >= 15 is 0 Å². The quantitative estimate of drug-likeness (QED) is 0.406. The molecule has 0 radical (unpaired) electrons. The maximum Gasteiger partial charge on any atom is 0.322 e.